The van der Waals surface area contributed by atoms with Crippen LogP contribution in [0.25, 0.3) is 0 Å². The lowest BCUT2D eigenvalue weighted by molar-refractivity contribution is 0.0957. The highest BCUT2D eigenvalue weighted by Gasteiger charge is 2.11. The van der Waals surface area contributed by atoms with Crippen LogP contribution in [-0.2, 0) is 0 Å². The molecule has 0 saturated carbocycles. The smallest absolute Gasteiger partial charge is 0.263 e. The van der Waals surface area contributed by atoms with Gasteiger partial charge in [-0.1, -0.05) is 12.1 Å². The largest absolute Gasteiger partial charge is 0.350 e. The zero-order chi connectivity index (χ0) is 15.9. The average Bonchev–Trinajstić information content (AvgIpc) is 2.97. The summed E-state index contributed by atoms with van der Waals surface area (Å²) in [5.41, 5.74) is 4.15. The molecule has 2 rings (SSSR count). The number of carbonyl (C=O) groups is 1. The van der Waals surface area contributed by atoms with E-state index in [1.165, 1.54) is 11.3 Å². The molecule has 1 aromatic carbocycles. The molecule has 114 valence electrons. The van der Waals surface area contributed by atoms with Gasteiger partial charge in [0.2, 0.25) is 0 Å². The molecule has 5 nitrogen and oxygen atoms in total. The molecular formula is C16H18N4OS. The first-order chi connectivity index (χ1) is 10.6. The number of aromatic nitrogens is 1. The fourth-order valence-electron chi connectivity index (χ4n) is 2.06. The van der Waals surface area contributed by atoms with Gasteiger partial charge in [-0.25, -0.2) is 4.98 Å². The Kier molecular flexibility index (Phi) is 5.64. The van der Waals surface area contributed by atoms with Gasteiger partial charge in [0.25, 0.3) is 5.91 Å². The molecule has 0 fully saturated rings. The fraction of sp³-hybridized carbons (Fsp3) is 0.312. The summed E-state index contributed by atoms with van der Waals surface area (Å²) >= 11 is 1.35. The Balaban J connectivity index is 1.78. The van der Waals surface area contributed by atoms with Crippen molar-refractivity contribution in [1.29, 1.82) is 5.26 Å². The number of nitrogens with zero attached hydrogens (tertiary/aromatic N) is 2. The van der Waals surface area contributed by atoms with Crippen LogP contribution in [0.3, 0.4) is 0 Å². The second kappa shape index (κ2) is 7.69. The van der Waals surface area contributed by atoms with Crippen molar-refractivity contribution in [2.75, 3.05) is 13.1 Å². The Hall–Kier alpha value is -2.23. The summed E-state index contributed by atoms with van der Waals surface area (Å²) in [6.07, 6.45) is 0. The standard InChI is InChI=1S/C16H18N4OS/c1-11(14-5-3-4-13(8-14)9-17)18-6-7-19-16(21)15-12(2)20-10-22-15/h3-5,8,10-11,18H,6-7H2,1-2H3,(H,19,21). The Morgan fingerprint density at radius 2 is 2.27 bits per heavy atom. The number of hydrogen-bond acceptors (Lipinski definition) is 5. The summed E-state index contributed by atoms with van der Waals surface area (Å²) in [5.74, 6) is -0.0825. The minimum atomic E-state index is -0.0825. The third kappa shape index (κ3) is 4.13. The predicted molar refractivity (Wildman–Crippen MR) is 86.8 cm³/mol. The summed E-state index contributed by atoms with van der Waals surface area (Å²) in [7, 11) is 0. The number of hydrogen-bond donors (Lipinski definition) is 2. The molecule has 2 aromatic rings. The van der Waals surface area contributed by atoms with Crippen LogP contribution in [0, 0.1) is 18.3 Å². The number of amides is 1. The van der Waals surface area contributed by atoms with Crippen LogP contribution >= 0.6 is 11.3 Å². The van der Waals surface area contributed by atoms with E-state index in [9.17, 15) is 4.79 Å². The highest BCUT2D eigenvalue weighted by atomic mass is 32.1. The lowest BCUT2D eigenvalue weighted by Gasteiger charge is -2.14. The predicted octanol–water partition coefficient (Wildman–Crippen LogP) is 2.40. The summed E-state index contributed by atoms with van der Waals surface area (Å²) < 4.78 is 0. The molecule has 1 aromatic heterocycles. The van der Waals surface area contributed by atoms with E-state index in [0.717, 1.165) is 11.3 Å². The second-order valence-electron chi connectivity index (χ2n) is 4.94. The van der Waals surface area contributed by atoms with Crippen molar-refractivity contribution in [3.8, 4) is 6.07 Å². The van der Waals surface area contributed by atoms with Gasteiger partial charge in [-0.2, -0.15) is 5.26 Å². The molecule has 22 heavy (non-hydrogen) atoms. The van der Waals surface area contributed by atoms with Gasteiger partial charge in [0.15, 0.2) is 0 Å². The van der Waals surface area contributed by atoms with E-state index in [4.69, 9.17) is 5.26 Å². The molecule has 1 heterocycles. The van der Waals surface area contributed by atoms with E-state index in [-0.39, 0.29) is 11.9 Å². The molecule has 0 spiro atoms. The van der Waals surface area contributed by atoms with E-state index in [1.807, 2.05) is 32.0 Å². The Labute approximate surface area is 134 Å². The van der Waals surface area contributed by atoms with Gasteiger partial charge in [-0.05, 0) is 31.5 Å². The lowest BCUT2D eigenvalue weighted by atomic mass is 10.1. The molecule has 2 N–H and O–H groups in total. The van der Waals surface area contributed by atoms with E-state index < -0.39 is 0 Å². The summed E-state index contributed by atoms with van der Waals surface area (Å²) in [4.78, 5) is 16.6. The number of benzene rings is 1. The van der Waals surface area contributed by atoms with Crippen LogP contribution in [0.2, 0.25) is 0 Å². The lowest BCUT2D eigenvalue weighted by Crippen LogP contribution is -2.32. The molecular weight excluding hydrogens is 296 g/mol. The molecule has 0 aliphatic heterocycles. The van der Waals surface area contributed by atoms with Crippen molar-refractivity contribution >= 4 is 17.2 Å². The zero-order valence-electron chi connectivity index (χ0n) is 12.6. The van der Waals surface area contributed by atoms with Crippen LogP contribution in [0.5, 0.6) is 0 Å². The maximum atomic E-state index is 11.9. The Morgan fingerprint density at radius 3 is 2.95 bits per heavy atom. The molecule has 0 radical (unpaired) electrons. The van der Waals surface area contributed by atoms with Crippen molar-refractivity contribution in [2.24, 2.45) is 0 Å². The Morgan fingerprint density at radius 1 is 1.45 bits per heavy atom. The first-order valence-corrected chi connectivity index (χ1v) is 7.91. The molecule has 0 aliphatic carbocycles. The van der Waals surface area contributed by atoms with Gasteiger partial charge in [-0.15, -0.1) is 11.3 Å². The maximum absolute atomic E-state index is 11.9. The van der Waals surface area contributed by atoms with E-state index in [0.29, 0.717) is 23.5 Å². The summed E-state index contributed by atoms with van der Waals surface area (Å²) in [6, 6.07) is 9.77. The average molecular weight is 314 g/mol. The summed E-state index contributed by atoms with van der Waals surface area (Å²) in [5, 5.41) is 15.1. The van der Waals surface area contributed by atoms with Crippen LogP contribution in [0.1, 0.15) is 39.5 Å². The quantitative estimate of drug-likeness (QED) is 0.803. The number of thiazole rings is 1. The van der Waals surface area contributed by atoms with Crippen molar-refractivity contribution in [3.63, 3.8) is 0 Å². The first kappa shape index (κ1) is 16.1. The molecule has 0 bridgehead atoms. The SMILES string of the molecule is Cc1ncsc1C(=O)NCCNC(C)c1cccc(C#N)c1. The van der Waals surface area contributed by atoms with Crippen molar-refractivity contribution in [1.82, 2.24) is 15.6 Å². The minimum absolute atomic E-state index is 0.0825. The van der Waals surface area contributed by atoms with Gasteiger partial charge < -0.3 is 10.6 Å². The van der Waals surface area contributed by atoms with Crippen LogP contribution < -0.4 is 10.6 Å². The first-order valence-electron chi connectivity index (χ1n) is 7.03. The van der Waals surface area contributed by atoms with Gasteiger partial charge in [0.05, 0.1) is 22.8 Å². The number of nitriles is 1. The summed E-state index contributed by atoms with van der Waals surface area (Å²) in [6.45, 7) is 5.06. The number of aryl methyl sites for hydroxylation is 1. The monoisotopic (exact) mass is 314 g/mol. The van der Waals surface area contributed by atoms with E-state index in [1.54, 1.807) is 11.6 Å². The third-order valence-corrected chi connectivity index (χ3v) is 4.26. The molecule has 0 aliphatic rings. The van der Waals surface area contributed by atoms with Gasteiger partial charge in [-0.3, -0.25) is 4.79 Å². The van der Waals surface area contributed by atoms with Gasteiger partial charge in [0.1, 0.15) is 4.88 Å². The van der Waals surface area contributed by atoms with Gasteiger partial charge in [0, 0.05) is 19.1 Å². The molecule has 6 heteroatoms. The van der Waals surface area contributed by atoms with E-state index >= 15 is 0 Å². The highest BCUT2D eigenvalue weighted by Crippen LogP contribution is 2.13. The molecule has 0 saturated heterocycles. The normalized spacial score (nSPS) is 11.7. The highest BCUT2D eigenvalue weighted by molar-refractivity contribution is 7.11. The zero-order valence-corrected chi connectivity index (χ0v) is 13.4. The third-order valence-electron chi connectivity index (χ3n) is 3.33. The number of nitrogens with one attached hydrogen (secondary N) is 2. The van der Waals surface area contributed by atoms with E-state index in [2.05, 4.69) is 21.7 Å². The topological polar surface area (TPSA) is 77.8 Å². The molecule has 1 unspecified atom stereocenters. The van der Waals surface area contributed by atoms with Crippen molar-refractivity contribution in [3.05, 3.63) is 51.5 Å². The van der Waals surface area contributed by atoms with Crippen LogP contribution in [0.15, 0.2) is 29.8 Å². The number of rotatable bonds is 6. The van der Waals surface area contributed by atoms with Crippen LogP contribution in [0.4, 0.5) is 0 Å². The fourth-order valence-corrected chi connectivity index (χ4v) is 2.78. The Bertz CT molecular complexity index is 689. The van der Waals surface area contributed by atoms with Crippen molar-refractivity contribution < 1.29 is 4.79 Å². The maximum Gasteiger partial charge on any atom is 0.263 e. The van der Waals surface area contributed by atoms with Gasteiger partial charge >= 0.3 is 0 Å². The van der Waals surface area contributed by atoms with Crippen LogP contribution in [-0.4, -0.2) is 24.0 Å². The minimum Gasteiger partial charge on any atom is -0.350 e. The second-order valence-corrected chi connectivity index (χ2v) is 5.79. The van der Waals surface area contributed by atoms with Crippen molar-refractivity contribution in [2.45, 2.75) is 19.9 Å². The molecule has 1 atom stereocenters. The number of carbonyl (C=O) groups excluding carboxylic acids is 1. The molecule has 1 amide bonds.